The molecule has 0 saturated carbocycles. The molecule has 0 radical (unpaired) electrons. The molecule has 1 atom stereocenters. The SMILES string of the molecule is COc1ccccc1CNC(=O)C1CN(S(=O)(=O)c2ccc3cc(Cl)ccc3c2)CCN1. The Morgan fingerprint density at radius 3 is 2.72 bits per heavy atom. The minimum Gasteiger partial charge on any atom is -0.496 e. The predicted octanol–water partition coefficient (Wildman–Crippen LogP) is 2.78. The van der Waals surface area contributed by atoms with Gasteiger partial charge in [-0.25, -0.2) is 8.42 Å². The summed E-state index contributed by atoms with van der Waals surface area (Å²) in [6, 6.07) is 17.1. The lowest BCUT2D eigenvalue weighted by molar-refractivity contribution is -0.123. The molecule has 0 aliphatic carbocycles. The quantitative estimate of drug-likeness (QED) is 0.574. The number of ether oxygens (including phenoxy) is 1. The number of para-hydroxylation sites is 1. The van der Waals surface area contributed by atoms with Gasteiger partial charge in [-0.15, -0.1) is 0 Å². The van der Waals surface area contributed by atoms with Crippen molar-refractivity contribution in [3.8, 4) is 5.75 Å². The summed E-state index contributed by atoms with van der Waals surface area (Å²) in [4.78, 5) is 12.9. The van der Waals surface area contributed by atoms with Gasteiger partial charge in [-0.2, -0.15) is 4.31 Å². The van der Waals surface area contributed by atoms with E-state index in [0.29, 0.717) is 23.9 Å². The van der Waals surface area contributed by atoms with Gasteiger partial charge in [0.25, 0.3) is 0 Å². The second kappa shape index (κ2) is 9.46. The third kappa shape index (κ3) is 4.73. The fourth-order valence-corrected chi connectivity index (χ4v) is 5.45. The van der Waals surface area contributed by atoms with Crippen molar-refractivity contribution in [3.63, 3.8) is 0 Å². The lowest BCUT2D eigenvalue weighted by Gasteiger charge is -2.32. The lowest BCUT2D eigenvalue weighted by atomic mass is 10.1. The number of halogens is 1. The highest BCUT2D eigenvalue weighted by Crippen LogP contribution is 2.25. The maximum absolute atomic E-state index is 13.3. The molecule has 168 valence electrons. The first-order chi connectivity index (χ1) is 15.4. The third-order valence-corrected chi connectivity index (χ3v) is 7.61. The molecule has 1 saturated heterocycles. The van der Waals surface area contributed by atoms with Crippen molar-refractivity contribution in [1.82, 2.24) is 14.9 Å². The van der Waals surface area contributed by atoms with E-state index >= 15 is 0 Å². The van der Waals surface area contributed by atoms with Gasteiger partial charge in [0.2, 0.25) is 15.9 Å². The van der Waals surface area contributed by atoms with Gasteiger partial charge >= 0.3 is 0 Å². The summed E-state index contributed by atoms with van der Waals surface area (Å²) in [5.41, 5.74) is 0.847. The Hall–Kier alpha value is -2.65. The molecule has 3 aromatic carbocycles. The molecule has 9 heteroatoms. The second-order valence-electron chi connectivity index (χ2n) is 7.55. The van der Waals surface area contributed by atoms with Crippen LogP contribution in [0.1, 0.15) is 5.56 Å². The highest BCUT2D eigenvalue weighted by atomic mass is 35.5. The topological polar surface area (TPSA) is 87.7 Å². The van der Waals surface area contributed by atoms with Crippen LogP contribution in [0.4, 0.5) is 0 Å². The number of sulfonamides is 1. The number of rotatable bonds is 6. The first-order valence-corrected chi connectivity index (χ1v) is 12.0. The Kier molecular flexibility index (Phi) is 6.66. The summed E-state index contributed by atoms with van der Waals surface area (Å²) in [5, 5.41) is 8.23. The van der Waals surface area contributed by atoms with E-state index in [1.54, 1.807) is 43.5 Å². The van der Waals surface area contributed by atoms with E-state index < -0.39 is 16.1 Å². The molecule has 1 fully saturated rings. The number of hydrogen-bond donors (Lipinski definition) is 2. The van der Waals surface area contributed by atoms with E-state index in [-0.39, 0.29) is 23.9 Å². The zero-order valence-corrected chi connectivity index (χ0v) is 19.1. The van der Waals surface area contributed by atoms with Crippen LogP contribution in [-0.4, -0.2) is 51.4 Å². The molecule has 0 spiro atoms. The molecule has 7 nitrogen and oxygen atoms in total. The molecular formula is C23H24ClN3O4S. The zero-order valence-electron chi connectivity index (χ0n) is 17.5. The average molecular weight is 474 g/mol. The smallest absolute Gasteiger partial charge is 0.243 e. The zero-order chi connectivity index (χ0) is 22.7. The van der Waals surface area contributed by atoms with Gasteiger partial charge in [0.05, 0.1) is 12.0 Å². The molecule has 1 aliphatic rings. The van der Waals surface area contributed by atoms with Gasteiger partial charge in [0, 0.05) is 36.8 Å². The summed E-state index contributed by atoms with van der Waals surface area (Å²) in [7, 11) is -2.17. The van der Waals surface area contributed by atoms with Crippen molar-refractivity contribution >= 4 is 38.3 Å². The van der Waals surface area contributed by atoms with Crippen LogP contribution in [0.5, 0.6) is 5.75 Å². The molecule has 1 aliphatic heterocycles. The van der Waals surface area contributed by atoms with E-state index in [1.165, 1.54) is 4.31 Å². The number of fused-ring (bicyclic) bond motifs is 1. The minimum absolute atomic E-state index is 0.0543. The number of hydrogen-bond acceptors (Lipinski definition) is 5. The minimum atomic E-state index is -3.75. The molecular weight excluding hydrogens is 450 g/mol. The van der Waals surface area contributed by atoms with Crippen LogP contribution in [-0.2, 0) is 21.4 Å². The molecule has 4 rings (SSSR count). The standard InChI is InChI=1S/C23H24ClN3O4S/c1-31-22-5-3-2-4-18(22)14-26-23(28)21-15-27(11-10-25-21)32(29,30)20-9-7-16-12-19(24)8-6-17(16)13-20/h2-9,12-13,21,25H,10-11,14-15H2,1H3,(H,26,28). The summed E-state index contributed by atoms with van der Waals surface area (Å²) < 4.78 is 33.2. The molecule has 0 bridgehead atoms. The molecule has 3 aromatic rings. The second-order valence-corrected chi connectivity index (χ2v) is 9.93. The van der Waals surface area contributed by atoms with Gasteiger partial charge < -0.3 is 15.4 Å². The van der Waals surface area contributed by atoms with Gasteiger partial charge in [0.15, 0.2) is 0 Å². The highest BCUT2D eigenvalue weighted by Gasteiger charge is 2.33. The highest BCUT2D eigenvalue weighted by molar-refractivity contribution is 7.89. The number of benzene rings is 3. The number of nitrogens with zero attached hydrogens (tertiary/aromatic N) is 1. The summed E-state index contributed by atoms with van der Waals surface area (Å²) in [5.74, 6) is 0.426. The Morgan fingerprint density at radius 1 is 1.16 bits per heavy atom. The predicted molar refractivity (Wildman–Crippen MR) is 124 cm³/mol. The number of amides is 1. The van der Waals surface area contributed by atoms with E-state index in [4.69, 9.17) is 16.3 Å². The number of methoxy groups -OCH3 is 1. The van der Waals surface area contributed by atoms with Crippen molar-refractivity contribution in [2.75, 3.05) is 26.7 Å². The van der Waals surface area contributed by atoms with Crippen LogP contribution in [0.2, 0.25) is 5.02 Å². The summed E-state index contributed by atoms with van der Waals surface area (Å²) in [6.45, 7) is 1.02. The van der Waals surface area contributed by atoms with Gasteiger partial charge in [-0.05, 0) is 41.1 Å². The van der Waals surface area contributed by atoms with Crippen molar-refractivity contribution < 1.29 is 17.9 Å². The van der Waals surface area contributed by atoms with Crippen molar-refractivity contribution in [2.45, 2.75) is 17.5 Å². The number of carbonyl (C=O) groups excluding carboxylic acids is 1. The van der Waals surface area contributed by atoms with Gasteiger partial charge in [-0.1, -0.05) is 41.9 Å². The van der Waals surface area contributed by atoms with Crippen molar-refractivity contribution in [2.24, 2.45) is 0 Å². The Labute approximate surface area is 192 Å². The van der Waals surface area contributed by atoms with E-state index in [2.05, 4.69) is 10.6 Å². The first-order valence-electron chi connectivity index (χ1n) is 10.2. The Morgan fingerprint density at radius 2 is 1.91 bits per heavy atom. The molecule has 1 unspecified atom stereocenters. The molecule has 32 heavy (non-hydrogen) atoms. The molecule has 1 heterocycles. The molecule has 0 aromatic heterocycles. The van der Waals surface area contributed by atoms with E-state index in [0.717, 1.165) is 16.3 Å². The molecule has 2 N–H and O–H groups in total. The van der Waals surface area contributed by atoms with Crippen molar-refractivity contribution in [1.29, 1.82) is 0 Å². The van der Waals surface area contributed by atoms with Crippen molar-refractivity contribution in [3.05, 3.63) is 71.2 Å². The monoisotopic (exact) mass is 473 g/mol. The van der Waals surface area contributed by atoms with Crippen LogP contribution in [0.25, 0.3) is 10.8 Å². The third-order valence-electron chi connectivity index (χ3n) is 5.51. The Balaban J connectivity index is 1.46. The maximum atomic E-state index is 13.3. The number of nitrogens with one attached hydrogen (secondary N) is 2. The maximum Gasteiger partial charge on any atom is 0.243 e. The normalized spacial score (nSPS) is 17.2. The van der Waals surface area contributed by atoms with Gasteiger partial charge in [0.1, 0.15) is 11.8 Å². The number of piperazine rings is 1. The summed E-state index contributed by atoms with van der Waals surface area (Å²) in [6.07, 6.45) is 0. The largest absolute Gasteiger partial charge is 0.496 e. The fourth-order valence-electron chi connectivity index (χ4n) is 3.78. The van der Waals surface area contributed by atoms with Crippen LogP contribution in [0.15, 0.2) is 65.6 Å². The summed E-state index contributed by atoms with van der Waals surface area (Å²) >= 11 is 6.02. The van der Waals surface area contributed by atoms with Gasteiger partial charge in [-0.3, -0.25) is 4.79 Å². The lowest BCUT2D eigenvalue weighted by Crippen LogP contribution is -2.58. The van der Waals surface area contributed by atoms with E-state index in [9.17, 15) is 13.2 Å². The Bertz CT molecular complexity index is 1250. The van der Waals surface area contributed by atoms with Crippen LogP contribution >= 0.6 is 11.6 Å². The fraction of sp³-hybridized carbons (Fsp3) is 0.261. The average Bonchev–Trinajstić information content (AvgIpc) is 2.82. The number of carbonyl (C=O) groups is 1. The van der Waals surface area contributed by atoms with Crippen LogP contribution in [0, 0.1) is 0 Å². The first kappa shape index (κ1) is 22.5. The van der Waals surface area contributed by atoms with Crippen LogP contribution in [0.3, 0.4) is 0 Å². The van der Waals surface area contributed by atoms with Crippen LogP contribution < -0.4 is 15.4 Å². The molecule has 1 amide bonds. The van der Waals surface area contributed by atoms with E-state index in [1.807, 2.05) is 24.3 Å².